The minimum Gasteiger partial charge on any atom is -0.480 e. The van der Waals surface area contributed by atoms with Gasteiger partial charge in [-0.3, -0.25) is 14.4 Å². The Morgan fingerprint density at radius 1 is 1.04 bits per heavy atom. The summed E-state index contributed by atoms with van der Waals surface area (Å²) in [4.78, 5) is 47.3. The van der Waals surface area contributed by atoms with Crippen LogP contribution in [0.15, 0.2) is 24.3 Å². The maximum atomic E-state index is 12.2. The van der Waals surface area contributed by atoms with E-state index in [0.717, 1.165) is 0 Å². The Morgan fingerprint density at radius 3 is 2.00 bits per heavy atom. The first-order valence-corrected chi connectivity index (χ1v) is 8.28. The molecule has 0 aliphatic heterocycles. The number of carboxylic acids is 1. The zero-order valence-corrected chi connectivity index (χ0v) is 14.6. The number of aliphatic carboxylic acids is 1. The van der Waals surface area contributed by atoms with Crippen molar-refractivity contribution in [2.24, 2.45) is 17.3 Å². The molecule has 0 aromatic heterocycles. The van der Waals surface area contributed by atoms with Crippen molar-refractivity contribution in [1.82, 2.24) is 0 Å². The number of esters is 1. The maximum absolute atomic E-state index is 12.2. The van der Waals surface area contributed by atoms with E-state index in [4.69, 9.17) is 9.84 Å². The van der Waals surface area contributed by atoms with Crippen molar-refractivity contribution in [2.45, 2.75) is 33.6 Å². The number of Topliss-reactive ketones (excluding diaryl/α,β-unsaturated/α-hetero) is 2. The zero-order chi connectivity index (χ0) is 18.8. The van der Waals surface area contributed by atoms with Gasteiger partial charge in [-0.05, 0) is 25.0 Å². The minimum atomic E-state index is -1.29. The van der Waals surface area contributed by atoms with Crippen LogP contribution >= 0.6 is 0 Å². The smallest absolute Gasteiger partial charge is 0.338 e. The fourth-order valence-electron chi connectivity index (χ4n) is 2.63. The van der Waals surface area contributed by atoms with E-state index >= 15 is 0 Å². The Labute approximate surface area is 146 Å². The molecule has 1 aromatic rings. The Balaban J connectivity index is 1.93. The molecule has 1 aliphatic rings. The molecular formula is C19H22O6. The molecule has 1 aromatic carbocycles. The van der Waals surface area contributed by atoms with E-state index in [1.165, 1.54) is 12.1 Å². The number of ether oxygens (including phenoxy) is 1. The summed E-state index contributed by atoms with van der Waals surface area (Å²) in [7, 11) is 0. The van der Waals surface area contributed by atoms with E-state index in [1.807, 2.05) is 0 Å². The number of hydrogen-bond acceptors (Lipinski definition) is 5. The van der Waals surface area contributed by atoms with Crippen molar-refractivity contribution >= 4 is 23.5 Å². The Morgan fingerprint density at radius 2 is 1.56 bits per heavy atom. The van der Waals surface area contributed by atoms with E-state index in [1.54, 1.807) is 32.9 Å². The second kappa shape index (κ2) is 7.17. The molecule has 0 amide bonds. The molecule has 0 spiro atoms. The quantitative estimate of drug-likeness (QED) is 0.441. The van der Waals surface area contributed by atoms with Gasteiger partial charge in [0.15, 0.2) is 11.6 Å². The van der Waals surface area contributed by atoms with Gasteiger partial charge in [0.05, 0.1) is 11.5 Å². The first kappa shape index (κ1) is 18.8. The van der Waals surface area contributed by atoms with Gasteiger partial charge in [-0.15, -0.1) is 0 Å². The Hall–Kier alpha value is -2.50. The van der Waals surface area contributed by atoms with Crippen LogP contribution in [0.5, 0.6) is 0 Å². The molecule has 1 atom stereocenters. The molecule has 2 rings (SSSR count). The van der Waals surface area contributed by atoms with Crippen molar-refractivity contribution < 1.29 is 29.0 Å². The van der Waals surface area contributed by atoms with E-state index in [2.05, 4.69) is 0 Å². The third-order valence-electron chi connectivity index (χ3n) is 4.47. The molecule has 0 heterocycles. The average Bonchev–Trinajstić information content (AvgIpc) is 3.40. The van der Waals surface area contributed by atoms with E-state index in [9.17, 15) is 19.2 Å². The number of benzene rings is 1. The van der Waals surface area contributed by atoms with Crippen molar-refractivity contribution in [3.05, 3.63) is 35.4 Å². The highest BCUT2D eigenvalue weighted by atomic mass is 16.5. The van der Waals surface area contributed by atoms with Crippen LogP contribution in [0.1, 0.15) is 54.3 Å². The highest BCUT2D eigenvalue weighted by Crippen LogP contribution is 2.48. The third kappa shape index (κ3) is 3.95. The molecule has 1 aliphatic carbocycles. The predicted molar refractivity (Wildman–Crippen MR) is 89.4 cm³/mol. The van der Waals surface area contributed by atoms with Crippen LogP contribution in [0.4, 0.5) is 0 Å². The molecule has 134 valence electrons. The van der Waals surface area contributed by atoms with Gasteiger partial charge in [0.2, 0.25) is 0 Å². The summed E-state index contributed by atoms with van der Waals surface area (Å²) < 4.78 is 5.12. The monoisotopic (exact) mass is 346 g/mol. The van der Waals surface area contributed by atoms with Gasteiger partial charge in [0, 0.05) is 11.5 Å². The van der Waals surface area contributed by atoms with Crippen molar-refractivity contribution in [2.75, 3.05) is 6.61 Å². The number of rotatable bonds is 8. The molecule has 0 bridgehead atoms. The number of hydrogen-bond donors (Lipinski definition) is 1. The lowest BCUT2D eigenvalue weighted by atomic mass is 9.92. The van der Waals surface area contributed by atoms with Crippen molar-refractivity contribution in [3.63, 3.8) is 0 Å². The molecule has 1 saturated carbocycles. The van der Waals surface area contributed by atoms with Crippen molar-refractivity contribution in [3.8, 4) is 0 Å². The summed E-state index contributed by atoms with van der Waals surface area (Å²) in [6, 6.07) is 6.14. The number of ketones is 2. The van der Waals surface area contributed by atoms with E-state index < -0.39 is 29.1 Å². The second-order valence-corrected chi connectivity index (χ2v) is 6.85. The topological polar surface area (TPSA) is 97.7 Å². The first-order chi connectivity index (χ1) is 11.7. The lowest BCUT2D eigenvalue weighted by Crippen LogP contribution is -2.32. The molecular weight excluding hydrogens is 324 g/mol. The average molecular weight is 346 g/mol. The van der Waals surface area contributed by atoms with Gasteiger partial charge >= 0.3 is 11.9 Å². The fraction of sp³-hybridized carbons (Fsp3) is 0.474. The summed E-state index contributed by atoms with van der Waals surface area (Å²) >= 11 is 0. The van der Waals surface area contributed by atoms with Gasteiger partial charge in [0.25, 0.3) is 0 Å². The summed E-state index contributed by atoms with van der Waals surface area (Å²) in [5.41, 5.74) is -0.489. The van der Waals surface area contributed by atoms with Gasteiger partial charge in [0.1, 0.15) is 12.0 Å². The molecule has 6 heteroatoms. The van der Waals surface area contributed by atoms with Crippen LogP contribution in [-0.4, -0.2) is 35.2 Å². The van der Waals surface area contributed by atoms with Crippen LogP contribution in [0.2, 0.25) is 0 Å². The lowest BCUT2D eigenvalue weighted by Gasteiger charge is -2.15. The lowest BCUT2D eigenvalue weighted by molar-refractivity contribution is -0.149. The van der Waals surface area contributed by atoms with Gasteiger partial charge in [-0.2, -0.15) is 0 Å². The van der Waals surface area contributed by atoms with E-state index in [-0.39, 0.29) is 23.9 Å². The molecule has 1 unspecified atom stereocenters. The molecule has 25 heavy (non-hydrogen) atoms. The van der Waals surface area contributed by atoms with Crippen LogP contribution in [0.3, 0.4) is 0 Å². The molecule has 0 radical (unpaired) electrons. The first-order valence-electron chi connectivity index (χ1n) is 8.28. The SMILES string of the molecule is CC(C)C(=O)c1ccc(C(=O)OCC(C)C(=O)C2(C(=O)O)CC2)cc1. The number of carboxylic acid groups (broad SMARTS) is 1. The minimum absolute atomic E-state index is 0.0115. The number of carbonyl (C=O) groups excluding carboxylic acids is 3. The summed E-state index contributed by atoms with van der Waals surface area (Å²) in [5.74, 6) is -2.93. The van der Waals surface area contributed by atoms with Crippen LogP contribution in [0, 0.1) is 17.3 Å². The zero-order valence-electron chi connectivity index (χ0n) is 14.6. The van der Waals surface area contributed by atoms with Crippen molar-refractivity contribution in [1.29, 1.82) is 0 Å². The number of carbonyl (C=O) groups is 4. The standard InChI is InChI=1S/C19H22O6/c1-11(2)15(20)13-4-6-14(7-5-13)17(22)25-10-12(3)16(21)19(8-9-19)18(23)24/h4-7,11-12H,8-10H2,1-3H3,(H,23,24). The predicted octanol–water partition coefficient (Wildman–Crippen LogP) is 2.75. The largest absolute Gasteiger partial charge is 0.480 e. The van der Waals surface area contributed by atoms with E-state index in [0.29, 0.717) is 18.4 Å². The van der Waals surface area contributed by atoms with Crippen LogP contribution in [0.25, 0.3) is 0 Å². The van der Waals surface area contributed by atoms with Crippen LogP contribution in [-0.2, 0) is 14.3 Å². The Bertz CT molecular complexity index is 697. The fourth-order valence-corrected chi connectivity index (χ4v) is 2.63. The highest BCUT2D eigenvalue weighted by molar-refractivity contribution is 6.07. The Kier molecular flexibility index (Phi) is 5.40. The normalized spacial score (nSPS) is 16.2. The maximum Gasteiger partial charge on any atom is 0.338 e. The molecule has 1 N–H and O–H groups in total. The van der Waals surface area contributed by atoms with Gasteiger partial charge < -0.3 is 9.84 Å². The second-order valence-electron chi connectivity index (χ2n) is 6.85. The third-order valence-corrected chi connectivity index (χ3v) is 4.47. The summed E-state index contributed by atoms with van der Waals surface area (Å²) in [5, 5.41) is 9.13. The molecule has 1 fully saturated rings. The summed E-state index contributed by atoms with van der Waals surface area (Å²) in [6.07, 6.45) is 0.676. The molecule has 0 saturated heterocycles. The van der Waals surface area contributed by atoms with Gasteiger partial charge in [-0.1, -0.05) is 32.9 Å². The highest BCUT2D eigenvalue weighted by Gasteiger charge is 2.57. The molecule has 6 nitrogen and oxygen atoms in total. The summed E-state index contributed by atoms with van der Waals surface area (Å²) in [6.45, 7) is 4.99. The van der Waals surface area contributed by atoms with Gasteiger partial charge in [-0.25, -0.2) is 4.79 Å². The van der Waals surface area contributed by atoms with Crippen LogP contribution < -0.4 is 0 Å².